The first-order valence-corrected chi connectivity index (χ1v) is 9.30. The number of rotatable bonds is 2. The number of benzene rings is 2. The Morgan fingerprint density at radius 2 is 2.03 bits per heavy atom. The molecule has 1 aliphatic carbocycles. The van der Waals surface area contributed by atoms with Crippen LogP contribution >= 0.6 is 0 Å². The van der Waals surface area contributed by atoms with Crippen LogP contribution in [0.2, 0.25) is 0 Å². The maximum Gasteiger partial charge on any atom is 0.419 e. The van der Waals surface area contributed by atoms with Crippen molar-refractivity contribution in [2.24, 2.45) is 0 Å². The maximum absolute atomic E-state index is 14.1. The van der Waals surface area contributed by atoms with E-state index in [0.717, 1.165) is 0 Å². The van der Waals surface area contributed by atoms with Crippen molar-refractivity contribution in [2.75, 3.05) is 10.6 Å². The quantitative estimate of drug-likeness (QED) is 0.596. The summed E-state index contributed by atoms with van der Waals surface area (Å²) >= 11 is 0. The molecule has 9 heteroatoms. The van der Waals surface area contributed by atoms with Crippen LogP contribution in [0.5, 0.6) is 5.75 Å². The number of hydrogen-bond acceptors (Lipinski definition) is 5. The van der Waals surface area contributed by atoms with E-state index in [1.165, 1.54) is 25.1 Å². The second kappa shape index (κ2) is 6.64. The summed E-state index contributed by atoms with van der Waals surface area (Å²) in [6, 6.07) is 7.50. The number of hydrogen-bond donors (Lipinski definition) is 4. The Labute approximate surface area is 170 Å². The Balaban J connectivity index is 1.89. The maximum atomic E-state index is 14.1. The number of fused-ring (bicyclic) bond motifs is 2. The van der Waals surface area contributed by atoms with Crippen molar-refractivity contribution in [3.05, 3.63) is 52.6 Å². The number of aromatic hydroxyl groups is 1. The fraction of sp³-hybridized carbons (Fsp3) is 0.333. The molecule has 1 amide bonds. The predicted molar refractivity (Wildman–Crippen MR) is 102 cm³/mol. The van der Waals surface area contributed by atoms with Crippen molar-refractivity contribution < 1.29 is 28.2 Å². The highest BCUT2D eigenvalue weighted by Gasteiger charge is 2.62. The first kappa shape index (κ1) is 20.0. The minimum absolute atomic E-state index is 0.00243. The molecule has 156 valence electrons. The Kier molecular flexibility index (Phi) is 4.43. The topological polar surface area (TPSA) is 105 Å². The molecule has 0 fully saturated rings. The van der Waals surface area contributed by atoms with Gasteiger partial charge < -0.3 is 20.8 Å². The number of amides is 1. The third kappa shape index (κ3) is 2.87. The molecule has 2 aromatic rings. The number of aliphatic hydroxyl groups is 1. The second-order valence-corrected chi connectivity index (χ2v) is 7.74. The zero-order valence-electron chi connectivity index (χ0n) is 15.8. The lowest BCUT2D eigenvalue weighted by Crippen LogP contribution is -2.55. The number of nitrogens with zero attached hydrogens (tertiary/aromatic N) is 1. The van der Waals surface area contributed by atoms with E-state index in [9.17, 15) is 33.4 Å². The van der Waals surface area contributed by atoms with E-state index in [2.05, 4.69) is 10.6 Å². The number of phenols is 1. The summed E-state index contributed by atoms with van der Waals surface area (Å²) in [7, 11) is 0. The smallest absolute Gasteiger partial charge is 0.419 e. The molecule has 30 heavy (non-hydrogen) atoms. The summed E-state index contributed by atoms with van der Waals surface area (Å²) in [5, 5.41) is 35.9. The molecule has 6 nitrogen and oxygen atoms in total. The Morgan fingerprint density at radius 1 is 1.30 bits per heavy atom. The van der Waals surface area contributed by atoms with Crippen LogP contribution in [0.1, 0.15) is 47.6 Å². The molecule has 4 N–H and O–H groups in total. The number of halogens is 3. The largest absolute Gasteiger partial charge is 0.506 e. The highest BCUT2D eigenvalue weighted by atomic mass is 19.4. The molecular formula is C21H18F3N3O3. The van der Waals surface area contributed by atoms with Crippen molar-refractivity contribution in [1.82, 2.24) is 0 Å². The van der Waals surface area contributed by atoms with Gasteiger partial charge in [0.15, 0.2) is 5.60 Å². The Morgan fingerprint density at radius 3 is 2.70 bits per heavy atom. The average Bonchev–Trinajstić information content (AvgIpc) is 3.05. The zero-order valence-corrected chi connectivity index (χ0v) is 15.8. The first-order valence-electron chi connectivity index (χ1n) is 9.30. The fourth-order valence-corrected chi connectivity index (χ4v) is 4.44. The normalized spacial score (nSPS) is 25.1. The van der Waals surface area contributed by atoms with Crippen LogP contribution in [-0.2, 0) is 11.2 Å². The minimum Gasteiger partial charge on any atom is -0.506 e. The van der Waals surface area contributed by atoms with Gasteiger partial charge in [0, 0.05) is 22.5 Å². The predicted octanol–water partition coefficient (Wildman–Crippen LogP) is 3.71. The van der Waals surface area contributed by atoms with Crippen LogP contribution < -0.4 is 10.6 Å². The van der Waals surface area contributed by atoms with E-state index in [0.29, 0.717) is 11.3 Å². The molecule has 0 bridgehead atoms. The van der Waals surface area contributed by atoms with E-state index in [1.54, 1.807) is 12.1 Å². The van der Waals surface area contributed by atoms with Crippen molar-refractivity contribution in [1.29, 1.82) is 5.26 Å². The highest BCUT2D eigenvalue weighted by molar-refractivity contribution is 6.01. The summed E-state index contributed by atoms with van der Waals surface area (Å²) in [6.45, 7) is 1.47. The fourth-order valence-electron chi connectivity index (χ4n) is 4.44. The molecule has 0 aromatic heterocycles. The number of alkyl halides is 3. The number of nitrogens with one attached hydrogen (secondary N) is 2. The van der Waals surface area contributed by atoms with Gasteiger partial charge in [-0.15, -0.1) is 0 Å². The summed E-state index contributed by atoms with van der Waals surface area (Å²) in [5.74, 6) is -1.50. The van der Waals surface area contributed by atoms with E-state index >= 15 is 0 Å². The third-order valence-electron chi connectivity index (χ3n) is 5.85. The third-order valence-corrected chi connectivity index (χ3v) is 5.85. The molecule has 0 saturated carbocycles. The second-order valence-electron chi connectivity index (χ2n) is 7.74. The Bertz CT molecular complexity index is 1090. The summed E-state index contributed by atoms with van der Waals surface area (Å²) in [4.78, 5) is 11.8. The molecule has 1 aliphatic heterocycles. The lowest BCUT2D eigenvalue weighted by Gasteiger charge is -2.45. The number of carbonyl (C=O) groups is 1. The minimum atomic E-state index is -4.97. The van der Waals surface area contributed by atoms with Crippen LogP contribution in [0.3, 0.4) is 0 Å². The van der Waals surface area contributed by atoms with Gasteiger partial charge in [-0.3, -0.25) is 4.79 Å². The van der Waals surface area contributed by atoms with Crippen molar-refractivity contribution >= 4 is 17.3 Å². The zero-order chi connectivity index (χ0) is 21.8. The van der Waals surface area contributed by atoms with Gasteiger partial charge in [0.25, 0.3) is 0 Å². The monoisotopic (exact) mass is 417 g/mol. The summed E-state index contributed by atoms with van der Waals surface area (Å²) in [5.41, 5.74) is -1.64. The molecule has 0 spiro atoms. The molecule has 2 aromatic carbocycles. The van der Waals surface area contributed by atoms with Gasteiger partial charge >= 0.3 is 6.18 Å². The van der Waals surface area contributed by atoms with Gasteiger partial charge in [-0.2, -0.15) is 18.4 Å². The molecule has 0 unspecified atom stereocenters. The number of phenolic OH excluding ortho intramolecular Hbond substituents is 1. The van der Waals surface area contributed by atoms with Gasteiger partial charge in [0.05, 0.1) is 18.0 Å². The van der Waals surface area contributed by atoms with Gasteiger partial charge in [-0.25, -0.2) is 0 Å². The van der Waals surface area contributed by atoms with Gasteiger partial charge in [0.1, 0.15) is 11.8 Å². The lowest BCUT2D eigenvalue weighted by molar-refractivity contribution is -0.272. The van der Waals surface area contributed by atoms with Gasteiger partial charge in [0.2, 0.25) is 5.91 Å². The number of anilines is 2. The van der Waals surface area contributed by atoms with Crippen LogP contribution in [0.25, 0.3) is 0 Å². The van der Waals surface area contributed by atoms with Crippen LogP contribution in [0, 0.1) is 11.3 Å². The molecular weight excluding hydrogens is 399 g/mol. The number of carbonyl (C=O) groups excluding carboxylic acids is 1. The van der Waals surface area contributed by atoms with E-state index < -0.39 is 30.2 Å². The van der Waals surface area contributed by atoms with E-state index in [-0.39, 0.29) is 40.5 Å². The van der Waals surface area contributed by atoms with Gasteiger partial charge in [-0.1, -0.05) is 19.1 Å². The molecule has 3 atom stereocenters. The van der Waals surface area contributed by atoms with E-state index in [1.807, 2.05) is 6.07 Å². The summed E-state index contributed by atoms with van der Waals surface area (Å²) < 4.78 is 42.2. The molecule has 2 aliphatic rings. The highest BCUT2D eigenvalue weighted by Crippen LogP contribution is 2.54. The van der Waals surface area contributed by atoms with Gasteiger partial charge in [-0.05, 0) is 36.1 Å². The molecule has 1 heterocycles. The van der Waals surface area contributed by atoms with Crippen molar-refractivity contribution in [3.63, 3.8) is 0 Å². The summed E-state index contributed by atoms with van der Waals surface area (Å²) in [6.07, 6.45) is -5.67. The Hall–Kier alpha value is -3.25. The standard InChI is InChI=1S/C21H18F3N3O3/c1-10-8-20(30,21(22,23)24)19(12-6-5-11(9-25)18(29)17(10)12)27-15-4-2-3-14-13(15)7-16(28)26-14/h2-6,10,19,27,29-30H,7-8H2,1H3,(H,26,28)/t10-,19-,20-/m0/s1. The van der Waals surface area contributed by atoms with Crippen LogP contribution in [-0.4, -0.2) is 27.9 Å². The molecule has 0 saturated heterocycles. The first-order chi connectivity index (χ1) is 14.1. The average molecular weight is 417 g/mol. The van der Waals surface area contributed by atoms with Crippen LogP contribution in [0.15, 0.2) is 30.3 Å². The SMILES string of the molecule is C[C@H]1C[C@@](O)(C(F)(F)F)[C@@H](Nc2cccc3c2CC(=O)N3)c2ccc(C#N)c(O)c21. The number of nitriles is 1. The molecule has 0 radical (unpaired) electrons. The lowest BCUT2D eigenvalue weighted by atomic mass is 9.70. The molecule has 4 rings (SSSR count). The van der Waals surface area contributed by atoms with Crippen LogP contribution in [0.4, 0.5) is 24.5 Å². The van der Waals surface area contributed by atoms with Crippen molar-refractivity contribution in [2.45, 2.75) is 43.5 Å². The van der Waals surface area contributed by atoms with E-state index in [4.69, 9.17) is 0 Å². The van der Waals surface area contributed by atoms with Crippen molar-refractivity contribution in [3.8, 4) is 11.8 Å².